The summed E-state index contributed by atoms with van der Waals surface area (Å²) < 4.78 is 43.6. The van der Waals surface area contributed by atoms with E-state index in [1.807, 2.05) is 30.3 Å². The summed E-state index contributed by atoms with van der Waals surface area (Å²) in [5.41, 5.74) is 7.07. The lowest BCUT2D eigenvalue weighted by Gasteiger charge is -2.31. The molecule has 0 saturated carbocycles. The van der Waals surface area contributed by atoms with Crippen LogP contribution in [0.2, 0.25) is 0 Å². The van der Waals surface area contributed by atoms with Crippen molar-refractivity contribution in [1.29, 1.82) is 0 Å². The van der Waals surface area contributed by atoms with Gasteiger partial charge in [-0.3, -0.25) is 4.90 Å². The number of hydrogen-bond donors (Lipinski definition) is 1. The number of nitrogens with zero attached hydrogens (tertiary/aromatic N) is 3. The first-order chi connectivity index (χ1) is 14.9. The van der Waals surface area contributed by atoms with Crippen LogP contribution in [0.1, 0.15) is 35.6 Å². The standard InChI is InChI=1S/C23H23F3N4O/c24-23(25,26)18-3-7-20(8-4-18)31-19-5-1-16(2-6-19)15-30-13-11-17(12-14-30)21-9-10-22(27)29-28-21/h1-10,17H,11-15H2,(H2,27,29). The quantitative estimate of drug-likeness (QED) is 0.601. The van der Waals surface area contributed by atoms with Gasteiger partial charge >= 0.3 is 6.18 Å². The molecule has 0 spiro atoms. The van der Waals surface area contributed by atoms with E-state index in [1.54, 1.807) is 6.07 Å². The third kappa shape index (κ3) is 5.52. The molecule has 1 fully saturated rings. The Bertz CT molecular complexity index is 981. The Morgan fingerprint density at radius 1 is 0.871 bits per heavy atom. The minimum Gasteiger partial charge on any atom is -0.457 e. The van der Waals surface area contributed by atoms with Gasteiger partial charge in [-0.05, 0) is 80.0 Å². The fourth-order valence-electron chi connectivity index (χ4n) is 3.73. The maximum absolute atomic E-state index is 12.7. The summed E-state index contributed by atoms with van der Waals surface area (Å²) in [5, 5.41) is 8.16. The lowest BCUT2D eigenvalue weighted by atomic mass is 9.93. The average Bonchev–Trinajstić information content (AvgIpc) is 2.76. The van der Waals surface area contributed by atoms with Crippen LogP contribution < -0.4 is 10.5 Å². The number of alkyl halides is 3. The molecule has 1 aromatic heterocycles. The van der Waals surface area contributed by atoms with Crippen LogP contribution >= 0.6 is 0 Å². The van der Waals surface area contributed by atoms with Crippen molar-refractivity contribution in [1.82, 2.24) is 15.1 Å². The first kappa shape index (κ1) is 21.1. The molecule has 0 aliphatic carbocycles. The predicted molar refractivity (Wildman–Crippen MR) is 112 cm³/mol. The number of nitrogen functional groups attached to an aromatic ring is 1. The summed E-state index contributed by atoms with van der Waals surface area (Å²) in [4.78, 5) is 2.40. The topological polar surface area (TPSA) is 64.3 Å². The summed E-state index contributed by atoms with van der Waals surface area (Å²) >= 11 is 0. The van der Waals surface area contributed by atoms with Gasteiger partial charge in [-0.25, -0.2) is 0 Å². The molecule has 4 rings (SSSR count). The highest BCUT2D eigenvalue weighted by atomic mass is 19.4. The van der Waals surface area contributed by atoms with Crippen molar-refractivity contribution in [3.63, 3.8) is 0 Å². The van der Waals surface area contributed by atoms with Crippen LogP contribution in [0.25, 0.3) is 0 Å². The molecule has 0 unspecified atom stereocenters. The Kier molecular flexibility index (Phi) is 6.08. The largest absolute Gasteiger partial charge is 0.457 e. The third-order valence-corrected chi connectivity index (χ3v) is 5.46. The number of benzene rings is 2. The molecule has 2 aromatic carbocycles. The van der Waals surface area contributed by atoms with E-state index >= 15 is 0 Å². The highest BCUT2D eigenvalue weighted by Gasteiger charge is 2.30. The van der Waals surface area contributed by atoms with Crippen LogP contribution in [0.4, 0.5) is 19.0 Å². The molecule has 5 nitrogen and oxygen atoms in total. The molecule has 1 aliphatic rings. The Hall–Kier alpha value is -3.13. The van der Waals surface area contributed by atoms with Gasteiger partial charge in [0.15, 0.2) is 0 Å². The molecule has 0 radical (unpaired) electrons. The molecule has 1 saturated heterocycles. The molecule has 31 heavy (non-hydrogen) atoms. The van der Waals surface area contributed by atoms with Crippen molar-refractivity contribution < 1.29 is 17.9 Å². The maximum Gasteiger partial charge on any atom is 0.416 e. The zero-order valence-corrected chi connectivity index (χ0v) is 16.8. The van der Waals surface area contributed by atoms with E-state index in [9.17, 15) is 13.2 Å². The number of halogens is 3. The Morgan fingerprint density at radius 3 is 2.03 bits per heavy atom. The van der Waals surface area contributed by atoms with Crippen molar-refractivity contribution in [2.24, 2.45) is 0 Å². The predicted octanol–water partition coefficient (Wildman–Crippen LogP) is 5.25. The van der Waals surface area contributed by atoms with E-state index < -0.39 is 11.7 Å². The molecule has 2 heterocycles. The molecular weight excluding hydrogens is 405 g/mol. The van der Waals surface area contributed by atoms with Gasteiger partial charge in [0, 0.05) is 12.5 Å². The number of rotatable bonds is 5. The minimum atomic E-state index is -4.35. The molecule has 0 atom stereocenters. The fraction of sp³-hybridized carbons (Fsp3) is 0.304. The molecule has 0 bridgehead atoms. The lowest BCUT2D eigenvalue weighted by Crippen LogP contribution is -2.32. The number of likely N-dealkylation sites (tertiary alicyclic amines) is 1. The van der Waals surface area contributed by atoms with Gasteiger partial charge in [0.05, 0.1) is 11.3 Å². The maximum atomic E-state index is 12.7. The van der Waals surface area contributed by atoms with Crippen molar-refractivity contribution >= 4 is 5.82 Å². The van der Waals surface area contributed by atoms with Gasteiger partial charge in [0.25, 0.3) is 0 Å². The number of nitrogens with two attached hydrogens (primary N) is 1. The summed E-state index contributed by atoms with van der Waals surface area (Å²) in [7, 11) is 0. The summed E-state index contributed by atoms with van der Waals surface area (Å²) in [5.74, 6) is 1.80. The van der Waals surface area contributed by atoms with Crippen LogP contribution in [-0.4, -0.2) is 28.2 Å². The molecule has 162 valence electrons. The van der Waals surface area contributed by atoms with E-state index in [4.69, 9.17) is 10.5 Å². The van der Waals surface area contributed by atoms with Gasteiger partial charge in [-0.15, -0.1) is 5.10 Å². The van der Waals surface area contributed by atoms with E-state index in [-0.39, 0.29) is 0 Å². The molecule has 8 heteroatoms. The van der Waals surface area contributed by atoms with E-state index in [1.165, 1.54) is 12.1 Å². The van der Waals surface area contributed by atoms with Gasteiger partial charge in [0.2, 0.25) is 0 Å². The lowest BCUT2D eigenvalue weighted by molar-refractivity contribution is -0.137. The first-order valence-electron chi connectivity index (χ1n) is 10.1. The first-order valence-corrected chi connectivity index (χ1v) is 10.1. The van der Waals surface area contributed by atoms with Gasteiger partial charge in [0.1, 0.15) is 17.3 Å². The Balaban J connectivity index is 1.28. The van der Waals surface area contributed by atoms with E-state index in [0.717, 1.165) is 55.9 Å². The molecule has 2 N–H and O–H groups in total. The van der Waals surface area contributed by atoms with Gasteiger partial charge in [-0.1, -0.05) is 12.1 Å². The summed E-state index contributed by atoms with van der Waals surface area (Å²) in [6.45, 7) is 2.78. The normalized spacial score (nSPS) is 15.7. The van der Waals surface area contributed by atoms with E-state index in [2.05, 4.69) is 15.1 Å². The second kappa shape index (κ2) is 8.93. The fourth-order valence-corrected chi connectivity index (χ4v) is 3.73. The van der Waals surface area contributed by atoms with Crippen molar-refractivity contribution in [2.75, 3.05) is 18.8 Å². The van der Waals surface area contributed by atoms with Gasteiger partial charge < -0.3 is 10.5 Å². The van der Waals surface area contributed by atoms with Gasteiger partial charge in [-0.2, -0.15) is 18.3 Å². The highest BCUT2D eigenvalue weighted by molar-refractivity contribution is 5.35. The van der Waals surface area contributed by atoms with Crippen LogP contribution in [0.5, 0.6) is 11.5 Å². The molecular formula is C23H23F3N4O. The van der Waals surface area contributed by atoms with Crippen LogP contribution in [0.3, 0.4) is 0 Å². The zero-order chi connectivity index (χ0) is 21.8. The molecule has 3 aromatic rings. The zero-order valence-electron chi connectivity index (χ0n) is 16.8. The molecule has 0 amide bonds. The number of anilines is 1. The van der Waals surface area contributed by atoms with Crippen LogP contribution in [0, 0.1) is 0 Å². The number of piperidine rings is 1. The Labute approximate surface area is 178 Å². The third-order valence-electron chi connectivity index (χ3n) is 5.46. The SMILES string of the molecule is Nc1ccc(C2CCN(Cc3ccc(Oc4ccc(C(F)(F)F)cc4)cc3)CC2)nn1. The highest BCUT2D eigenvalue weighted by Crippen LogP contribution is 2.32. The minimum absolute atomic E-state index is 0.369. The average molecular weight is 428 g/mol. The van der Waals surface area contributed by atoms with Crippen molar-refractivity contribution in [2.45, 2.75) is 31.5 Å². The second-order valence-electron chi connectivity index (χ2n) is 7.70. The monoisotopic (exact) mass is 428 g/mol. The van der Waals surface area contributed by atoms with Crippen molar-refractivity contribution in [3.05, 3.63) is 77.5 Å². The Morgan fingerprint density at radius 2 is 1.48 bits per heavy atom. The molecule has 1 aliphatic heterocycles. The summed E-state index contributed by atoms with van der Waals surface area (Å²) in [6.07, 6.45) is -2.31. The summed E-state index contributed by atoms with van der Waals surface area (Å²) in [6, 6.07) is 16.1. The number of ether oxygens (including phenoxy) is 1. The smallest absolute Gasteiger partial charge is 0.416 e. The number of hydrogen-bond acceptors (Lipinski definition) is 5. The second-order valence-corrected chi connectivity index (χ2v) is 7.70. The van der Waals surface area contributed by atoms with Crippen molar-refractivity contribution in [3.8, 4) is 11.5 Å². The van der Waals surface area contributed by atoms with Crippen LogP contribution in [0.15, 0.2) is 60.7 Å². The van der Waals surface area contributed by atoms with E-state index in [0.29, 0.717) is 23.2 Å². The van der Waals surface area contributed by atoms with Crippen LogP contribution in [-0.2, 0) is 12.7 Å². The number of aromatic nitrogens is 2.